The predicted octanol–water partition coefficient (Wildman–Crippen LogP) is 0.227. The first kappa shape index (κ1) is 9.24. The molecular weight excluding hydrogens is 184 g/mol. The SMILES string of the molecule is O=C1CC(=O)C2(CCC(=O)C2)C(=O)C1. The lowest BCUT2D eigenvalue weighted by Gasteiger charge is -2.28. The van der Waals surface area contributed by atoms with E-state index in [0.717, 1.165) is 0 Å². The quantitative estimate of drug-likeness (QED) is 0.517. The largest absolute Gasteiger partial charge is 0.300 e. The third kappa shape index (κ3) is 1.14. The molecule has 0 N–H and O–H groups in total. The van der Waals surface area contributed by atoms with Gasteiger partial charge in [0.25, 0.3) is 0 Å². The summed E-state index contributed by atoms with van der Waals surface area (Å²) in [6, 6.07) is 0. The summed E-state index contributed by atoms with van der Waals surface area (Å²) >= 11 is 0. The van der Waals surface area contributed by atoms with Gasteiger partial charge in [-0.2, -0.15) is 0 Å². The number of ketones is 4. The van der Waals surface area contributed by atoms with Gasteiger partial charge in [-0.05, 0) is 6.42 Å². The Morgan fingerprint density at radius 3 is 1.86 bits per heavy atom. The van der Waals surface area contributed by atoms with Crippen LogP contribution in [0, 0.1) is 5.41 Å². The number of carbonyl (C=O) groups excluding carboxylic acids is 4. The molecule has 74 valence electrons. The van der Waals surface area contributed by atoms with Gasteiger partial charge in [-0.3, -0.25) is 19.2 Å². The van der Waals surface area contributed by atoms with Gasteiger partial charge in [-0.25, -0.2) is 0 Å². The molecule has 4 nitrogen and oxygen atoms in total. The molecular formula is C10H10O4. The van der Waals surface area contributed by atoms with Gasteiger partial charge >= 0.3 is 0 Å². The average molecular weight is 194 g/mol. The van der Waals surface area contributed by atoms with Gasteiger partial charge in [0.05, 0.1) is 18.3 Å². The lowest BCUT2D eigenvalue weighted by Crippen LogP contribution is -2.43. The third-order valence-corrected chi connectivity index (χ3v) is 3.11. The van der Waals surface area contributed by atoms with Crippen LogP contribution in [-0.4, -0.2) is 23.1 Å². The molecule has 0 aromatic rings. The normalized spacial score (nSPS) is 26.3. The summed E-state index contributed by atoms with van der Waals surface area (Å²) in [5.41, 5.74) is -1.11. The highest BCUT2D eigenvalue weighted by Crippen LogP contribution is 2.42. The van der Waals surface area contributed by atoms with Crippen molar-refractivity contribution in [2.75, 3.05) is 0 Å². The molecule has 2 saturated carbocycles. The summed E-state index contributed by atoms with van der Waals surface area (Å²) in [5.74, 6) is -1.04. The highest BCUT2D eigenvalue weighted by molar-refractivity contribution is 6.25. The molecule has 4 heteroatoms. The molecule has 2 fully saturated rings. The molecule has 0 aromatic heterocycles. The predicted molar refractivity (Wildman–Crippen MR) is 45.5 cm³/mol. The van der Waals surface area contributed by atoms with Gasteiger partial charge in [-0.1, -0.05) is 0 Å². The van der Waals surface area contributed by atoms with Crippen molar-refractivity contribution in [2.45, 2.75) is 32.1 Å². The van der Waals surface area contributed by atoms with E-state index in [1.54, 1.807) is 0 Å². The Morgan fingerprint density at radius 1 is 0.857 bits per heavy atom. The van der Waals surface area contributed by atoms with E-state index in [-0.39, 0.29) is 42.4 Å². The van der Waals surface area contributed by atoms with Crippen molar-refractivity contribution in [3.63, 3.8) is 0 Å². The van der Waals surface area contributed by atoms with E-state index in [2.05, 4.69) is 0 Å². The summed E-state index contributed by atoms with van der Waals surface area (Å²) in [4.78, 5) is 45.3. The van der Waals surface area contributed by atoms with Crippen LogP contribution in [0.15, 0.2) is 0 Å². The first-order chi connectivity index (χ1) is 6.54. The molecule has 2 aliphatic rings. The maximum absolute atomic E-state index is 11.6. The maximum Gasteiger partial charge on any atom is 0.154 e. The van der Waals surface area contributed by atoms with Crippen molar-refractivity contribution in [1.82, 2.24) is 0 Å². The molecule has 0 atom stereocenters. The molecule has 0 saturated heterocycles. The van der Waals surface area contributed by atoms with Crippen LogP contribution in [0.1, 0.15) is 32.1 Å². The Labute approximate surface area is 80.7 Å². The molecule has 0 aromatic carbocycles. The Balaban J connectivity index is 2.34. The fourth-order valence-electron chi connectivity index (χ4n) is 2.26. The number of rotatable bonds is 0. The first-order valence-corrected chi connectivity index (χ1v) is 4.64. The number of hydrogen-bond acceptors (Lipinski definition) is 4. The van der Waals surface area contributed by atoms with Crippen LogP contribution in [0.5, 0.6) is 0 Å². The summed E-state index contributed by atoms with van der Waals surface area (Å²) < 4.78 is 0. The fourth-order valence-corrected chi connectivity index (χ4v) is 2.26. The Hall–Kier alpha value is -1.32. The molecule has 0 bridgehead atoms. The maximum atomic E-state index is 11.6. The standard InChI is InChI=1S/C10H10O4/c11-6-1-2-10(5-6)8(13)3-7(12)4-9(10)14/h1-5H2. The summed E-state index contributed by atoms with van der Waals surface area (Å²) in [7, 11) is 0. The van der Waals surface area contributed by atoms with E-state index in [9.17, 15) is 19.2 Å². The first-order valence-electron chi connectivity index (χ1n) is 4.64. The second-order valence-corrected chi connectivity index (χ2v) is 4.04. The van der Waals surface area contributed by atoms with Crippen LogP contribution in [-0.2, 0) is 19.2 Å². The molecule has 14 heavy (non-hydrogen) atoms. The third-order valence-electron chi connectivity index (χ3n) is 3.11. The molecule has 0 aliphatic heterocycles. The molecule has 0 amide bonds. The minimum atomic E-state index is -1.11. The van der Waals surface area contributed by atoms with Gasteiger partial charge in [0.1, 0.15) is 11.6 Å². The minimum Gasteiger partial charge on any atom is -0.300 e. The van der Waals surface area contributed by atoms with Gasteiger partial charge in [-0.15, -0.1) is 0 Å². The number of Topliss-reactive ketones (excluding diaryl/α,β-unsaturated/α-hetero) is 4. The molecule has 0 unspecified atom stereocenters. The average Bonchev–Trinajstić information content (AvgIpc) is 2.46. The number of hydrogen-bond donors (Lipinski definition) is 0. The zero-order chi connectivity index (χ0) is 10.3. The minimum absolute atomic E-state index is 0.0257. The van der Waals surface area contributed by atoms with Crippen LogP contribution in [0.3, 0.4) is 0 Å². The smallest absolute Gasteiger partial charge is 0.154 e. The van der Waals surface area contributed by atoms with Gasteiger partial charge in [0.2, 0.25) is 0 Å². The Bertz CT molecular complexity index is 333. The van der Waals surface area contributed by atoms with Crippen molar-refractivity contribution < 1.29 is 19.2 Å². The lowest BCUT2D eigenvalue weighted by molar-refractivity contribution is -0.148. The molecule has 1 spiro atoms. The second-order valence-electron chi connectivity index (χ2n) is 4.04. The van der Waals surface area contributed by atoms with E-state index < -0.39 is 5.41 Å². The molecule has 0 heterocycles. The van der Waals surface area contributed by atoms with Gasteiger partial charge in [0.15, 0.2) is 11.6 Å². The highest BCUT2D eigenvalue weighted by Gasteiger charge is 2.53. The number of carbonyl (C=O) groups is 4. The van der Waals surface area contributed by atoms with Gasteiger partial charge in [0, 0.05) is 12.8 Å². The van der Waals surface area contributed by atoms with E-state index in [0.29, 0.717) is 12.8 Å². The van der Waals surface area contributed by atoms with Crippen LogP contribution >= 0.6 is 0 Å². The van der Waals surface area contributed by atoms with E-state index in [4.69, 9.17) is 0 Å². The zero-order valence-corrected chi connectivity index (χ0v) is 7.67. The van der Waals surface area contributed by atoms with Crippen LogP contribution in [0.4, 0.5) is 0 Å². The van der Waals surface area contributed by atoms with E-state index >= 15 is 0 Å². The molecule has 2 rings (SSSR count). The van der Waals surface area contributed by atoms with Crippen LogP contribution < -0.4 is 0 Å². The van der Waals surface area contributed by atoms with Crippen molar-refractivity contribution in [1.29, 1.82) is 0 Å². The fraction of sp³-hybridized carbons (Fsp3) is 0.600. The van der Waals surface area contributed by atoms with Crippen molar-refractivity contribution in [3.8, 4) is 0 Å². The molecule has 2 aliphatic carbocycles. The van der Waals surface area contributed by atoms with Gasteiger partial charge < -0.3 is 0 Å². The van der Waals surface area contributed by atoms with Crippen molar-refractivity contribution in [2.24, 2.45) is 5.41 Å². The molecule has 0 radical (unpaired) electrons. The van der Waals surface area contributed by atoms with E-state index in [1.807, 2.05) is 0 Å². The highest BCUT2D eigenvalue weighted by atomic mass is 16.2. The van der Waals surface area contributed by atoms with Crippen LogP contribution in [0.2, 0.25) is 0 Å². The van der Waals surface area contributed by atoms with E-state index in [1.165, 1.54) is 0 Å². The zero-order valence-electron chi connectivity index (χ0n) is 7.67. The van der Waals surface area contributed by atoms with Crippen molar-refractivity contribution in [3.05, 3.63) is 0 Å². The second kappa shape index (κ2) is 2.83. The summed E-state index contributed by atoms with van der Waals surface area (Å²) in [6.45, 7) is 0. The summed E-state index contributed by atoms with van der Waals surface area (Å²) in [6.07, 6.45) is 0.304. The lowest BCUT2D eigenvalue weighted by atomic mass is 9.70. The topological polar surface area (TPSA) is 68.3 Å². The monoisotopic (exact) mass is 194 g/mol. The Morgan fingerprint density at radius 2 is 1.43 bits per heavy atom. The Kier molecular flexibility index (Phi) is 1.87. The van der Waals surface area contributed by atoms with Crippen molar-refractivity contribution >= 4 is 23.1 Å². The van der Waals surface area contributed by atoms with Crippen LogP contribution in [0.25, 0.3) is 0 Å². The summed E-state index contributed by atoms with van der Waals surface area (Å²) in [5, 5.41) is 0.